The molecule has 5 heteroatoms. The third-order valence-corrected chi connectivity index (χ3v) is 4.82. The molecule has 1 saturated carbocycles. The number of nitrogens with zero attached hydrogens (tertiary/aromatic N) is 2. The van der Waals surface area contributed by atoms with E-state index in [-0.39, 0.29) is 0 Å². The Morgan fingerprint density at radius 2 is 2.04 bits per heavy atom. The standard InChI is InChI=1S/C18H23ClN2O2/c1-3-23-17-9-4-13(12-16(17)19)18-20-10-11-21(18)14-5-7-15(22-2)8-6-14/h4,9-12,14-15H,3,5-8H2,1-2H3. The van der Waals surface area contributed by atoms with Gasteiger partial charge in [-0.15, -0.1) is 0 Å². The average Bonchev–Trinajstić information content (AvgIpc) is 3.06. The van der Waals surface area contributed by atoms with Crippen LogP contribution >= 0.6 is 11.6 Å². The SMILES string of the molecule is CCOc1ccc(-c2nccn2C2CCC(OC)CC2)cc1Cl. The van der Waals surface area contributed by atoms with Crippen LogP contribution in [0.15, 0.2) is 30.6 Å². The van der Waals surface area contributed by atoms with E-state index < -0.39 is 0 Å². The molecule has 0 radical (unpaired) electrons. The molecule has 0 spiro atoms. The lowest BCUT2D eigenvalue weighted by Gasteiger charge is -2.29. The molecule has 0 unspecified atom stereocenters. The Morgan fingerprint density at radius 1 is 1.26 bits per heavy atom. The number of benzene rings is 1. The summed E-state index contributed by atoms with van der Waals surface area (Å²) in [5.74, 6) is 1.69. The van der Waals surface area contributed by atoms with Gasteiger partial charge in [-0.2, -0.15) is 0 Å². The number of ether oxygens (including phenoxy) is 2. The first-order chi connectivity index (χ1) is 11.2. The molecular weight excluding hydrogens is 312 g/mol. The van der Waals surface area contributed by atoms with Crippen molar-refractivity contribution in [1.29, 1.82) is 0 Å². The van der Waals surface area contributed by atoms with Gasteiger partial charge in [0, 0.05) is 31.1 Å². The lowest BCUT2D eigenvalue weighted by Crippen LogP contribution is -2.22. The predicted molar refractivity (Wildman–Crippen MR) is 92.1 cm³/mol. The van der Waals surface area contributed by atoms with Crippen LogP contribution < -0.4 is 4.74 Å². The molecule has 0 bridgehead atoms. The van der Waals surface area contributed by atoms with Gasteiger partial charge in [0.2, 0.25) is 0 Å². The molecule has 124 valence electrons. The van der Waals surface area contributed by atoms with E-state index in [2.05, 4.69) is 15.7 Å². The Labute approximate surface area is 142 Å². The second-order valence-electron chi connectivity index (χ2n) is 5.90. The molecule has 1 aromatic carbocycles. The summed E-state index contributed by atoms with van der Waals surface area (Å²) >= 11 is 6.32. The highest BCUT2D eigenvalue weighted by Gasteiger charge is 2.24. The van der Waals surface area contributed by atoms with Crippen LogP contribution in [0.1, 0.15) is 38.6 Å². The van der Waals surface area contributed by atoms with Crippen LogP contribution in [-0.4, -0.2) is 29.4 Å². The number of imidazole rings is 1. The van der Waals surface area contributed by atoms with Gasteiger partial charge in [0.15, 0.2) is 0 Å². The summed E-state index contributed by atoms with van der Waals surface area (Å²) in [7, 11) is 1.80. The van der Waals surface area contributed by atoms with Gasteiger partial charge in [-0.1, -0.05) is 11.6 Å². The van der Waals surface area contributed by atoms with E-state index in [4.69, 9.17) is 21.1 Å². The van der Waals surface area contributed by atoms with Gasteiger partial charge in [-0.05, 0) is 50.8 Å². The number of hydrogen-bond acceptors (Lipinski definition) is 3. The topological polar surface area (TPSA) is 36.3 Å². The summed E-state index contributed by atoms with van der Waals surface area (Å²) in [6, 6.07) is 6.36. The second kappa shape index (κ2) is 7.37. The highest BCUT2D eigenvalue weighted by Crippen LogP contribution is 2.35. The minimum Gasteiger partial charge on any atom is -0.492 e. The molecule has 23 heavy (non-hydrogen) atoms. The molecule has 1 aliphatic rings. The zero-order valence-corrected chi connectivity index (χ0v) is 14.4. The van der Waals surface area contributed by atoms with Crippen molar-refractivity contribution in [3.05, 3.63) is 35.6 Å². The van der Waals surface area contributed by atoms with Crippen molar-refractivity contribution in [2.75, 3.05) is 13.7 Å². The fraction of sp³-hybridized carbons (Fsp3) is 0.500. The van der Waals surface area contributed by atoms with Gasteiger partial charge in [0.1, 0.15) is 11.6 Å². The normalized spacial score (nSPS) is 21.3. The van der Waals surface area contributed by atoms with E-state index in [1.54, 1.807) is 7.11 Å². The van der Waals surface area contributed by atoms with E-state index in [1.807, 2.05) is 31.3 Å². The molecule has 0 aliphatic heterocycles. The summed E-state index contributed by atoms with van der Waals surface area (Å²) in [5.41, 5.74) is 1.03. The molecule has 4 nitrogen and oxygen atoms in total. The first kappa shape index (κ1) is 16.3. The quantitative estimate of drug-likeness (QED) is 0.793. The monoisotopic (exact) mass is 334 g/mol. The Hall–Kier alpha value is -1.52. The summed E-state index contributed by atoms with van der Waals surface area (Å²) in [6.45, 7) is 2.56. The lowest BCUT2D eigenvalue weighted by atomic mass is 9.92. The van der Waals surface area contributed by atoms with Crippen LogP contribution in [-0.2, 0) is 4.74 Å². The summed E-state index contributed by atoms with van der Waals surface area (Å²) in [5, 5.41) is 0.627. The van der Waals surface area contributed by atoms with Crippen LogP contribution in [0.4, 0.5) is 0 Å². The Kier molecular flexibility index (Phi) is 5.23. The fourth-order valence-electron chi connectivity index (χ4n) is 3.30. The summed E-state index contributed by atoms with van der Waals surface area (Å²) < 4.78 is 13.2. The maximum atomic E-state index is 6.32. The fourth-order valence-corrected chi connectivity index (χ4v) is 3.54. The van der Waals surface area contributed by atoms with Crippen molar-refractivity contribution in [2.24, 2.45) is 0 Å². The summed E-state index contributed by atoms with van der Waals surface area (Å²) in [4.78, 5) is 4.55. The molecule has 0 atom stereocenters. The van der Waals surface area contributed by atoms with Crippen LogP contribution in [0.3, 0.4) is 0 Å². The number of rotatable bonds is 5. The smallest absolute Gasteiger partial charge is 0.140 e. The van der Waals surface area contributed by atoms with Gasteiger partial charge in [0.25, 0.3) is 0 Å². The Bertz CT molecular complexity index is 648. The van der Waals surface area contributed by atoms with E-state index in [0.717, 1.165) is 42.8 Å². The van der Waals surface area contributed by atoms with Crippen LogP contribution in [0.2, 0.25) is 5.02 Å². The highest BCUT2D eigenvalue weighted by molar-refractivity contribution is 6.32. The molecule has 0 amide bonds. The molecule has 0 N–H and O–H groups in total. The van der Waals surface area contributed by atoms with E-state index in [0.29, 0.717) is 23.8 Å². The van der Waals surface area contributed by atoms with E-state index in [1.165, 1.54) is 0 Å². The molecule has 0 saturated heterocycles. The van der Waals surface area contributed by atoms with Crippen molar-refractivity contribution < 1.29 is 9.47 Å². The van der Waals surface area contributed by atoms with Crippen LogP contribution in [0.5, 0.6) is 5.75 Å². The largest absolute Gasteiger partial charge is 0.492 e. The van der Waals surface area contributed by atoms with Gasteiger partial charge in [-0.25, -0.2) is 4.98 Å². The van der Waals surface area contributed by atoms with E-state index >= 15 is 0 Å². The minimum absolute atomic E-state index is 0.401. The third-order valence-electron chi connectivity index (χ3n) is 4.53. The number of methoxy groups -OCH3 is 1. The maximum absolute atomic E-state index is 6.32. The predicted octanol–water partition coefficient (Wildman–Crippen LogP) is 4.73. The minimum atomic E-state index is 0.401. The molecule has 1 aromatic heterocycles. The molecule has 1 aliphatic carbocycles. The first-order valence-electron chi connectivity index (χ1n) is 8.21. The first-order valence-corrected chi connectivity index (χ1v) is 8.59. The highest BCUT2D eigenvalue weighted by atomic mass is 35.5. The van der Waals surface area contributed by atoms with Crippen molar-refractivity contribution in [2.45, 2.75) is 44.8 Å². The van der Waals surface area contributed by atoms with Crippen molar-refractivity contribution in [3.8, 4) is 17.1 Å². The third kappa shape index (κ3) is 3.54. The van der Waals surface area contributed by atoms with Crippen LogP contribution in [0.25, 0.3) is 11.4 Å². The van der Waals surface area contributed by atoms with Crippen LogP contribution in [0, 0.1) is 0 Å². The Morgan fingerprint density at radius 3 is 2.70 bits per heavy atom. The second-order valence-corrected chi connectivity index (χ2v) is 6.31. The van der Waals surface area contributed by atoms with Crippen molar-refractivity contribution in [1.82, 2.24) is 9.55 Å². The number of aromatic nitrogens is 2. The average molecular weight is 335 g/mol. The zero-order valence-electron chi connectivity index (χ0n) is 13.7. The number of hydrogen-bond donors (Lipinski definition) is 0. The molecular formula is C18H23ClN2O2. The van der Waals surface area contributed by atoms with Gasteiger partial charge in [0.05, 0.1) is 17.7 Å². The van der Waals surface area contributed by atoms with E-state index in [9.17, 15) is 0 Å². The summed E-state index contributed by atoms with van der Waals surface area (Å²) in [6.07, 6.45) is 8.77. The van der Waals surface area contributed by atoms with Gasteiger partial charge < -0.3 is 14.0 Å². The lowest BCUT2D eigenvalue weighted by molar-refractivity contribution is 0.0586. The molecule has 2 aromatic rings. The van der Waals surface area contributed by atoms with Gasteiger partial charge in [-0.3, -0.25) is 0 Å². The molecule has 3 rings (SSSR count). The van der Waals surface area contributed by atoms with Gasteiger partial charge >= 0.3 is 0 Å². The Balaban J connectivity index is 1.82. The molecule has 1 fully saturated rings. The zero-order chi connectivity index (χ0) is 16.2. The van der Waals surface area contributed by atoms with Crippen molar-refractivity contribution >= 4 is 11.6 Å². The molecule has 1 heterocycles. The number of halogens is 1. The van der Waals surface area contributed by atoms with Crippen molar-refractivity contribution in [3.63, 3.8) is 0 Å². The maximum Gasteiger partial charge on any atom is 0.140 e.